The van der Waals surface area contributed by atoms with Crippen molar-refractivity contribution >= 4 is 25.7 Å². The molecule has 18 heavy (non-hydrogen) atoms. The zero-order valence-corrected chi connectivity index (χ0v) is 16.0. The van der Waals surface area contributed by atoms with Crippen LogP contribution in [0.3, 0.4) is 0 Å². The van der Waals surface area contributed by atoms with Crippen molar-refractivity contribution in [2.45, 2.75) is 65.8 Å². The van der Waals surface area contributed by atoms with Crippen LogP contribution in [0.1, 0.15) is 20.3 Å². The molecule has 1 atom stereocenters. The van der Waals surface area contributed by atoms with Crippen LogP contribution in [-0.2, 0) is 17.1 Å². The van der Waals surface area contributed by atoms with Crippen LogP contribution in [0.5, 0.6) is 0 Å². The lowest BCUT2D eigenvalue weighted by Crippen LogP contribution is -2.60. The average molecular weight is 309 g/mol. The van der Waals surface area contributed by atoms with Crippen molar-refractivity contribution in [1.82, 2.24) is 0 Å². The van der Waals surface area contributed by atoms with Gasteiger partial charge in [-0.3, -0.25) is 0 Å². The molecular weight excluding hydrogens is 280 g/mol. The van der Waals surface area contributed by atoms with Crippen LogP contribution in [0.15, 0.2) is 0 Å². The Bertz CT molecular complexity index is 272. The Balaban J connectivity index is 2.94. The molecule has 0 amide bonds. The molecule has 0 aliphatic carbocycles. The first-order valence-electron chi connectivity index (χ1n) is 6.72. The summed E-state index contributed by atoms with van der Waals surface area (Å²) in [4.78, 5) is 0. The first-order chi connectivity index (χ1) is 7.96. The lowest BCUT2D eigenvalue weighted by Gasteiger charge is -2.45. The molecule has 0 aromatic carbocycles. The molecule has 0 saturated carbocycles. The van der Waals surface area contributed by atoms with Gasteiger partial charge in [0.1, 0.15) is 6.29 Å². The van der Waals surface area contributed by atoms with Gasteiger partial charge in [0.25, 0.3) is 0 Å². The molecule has 1 saturated heterocycles. The van der Waals surface area contributed by atoms with Crippen LogP contribution < -0.4 is 0 Å². The van der Waals surface area contributed by atoms with Crippen LogP contribution in [0.2, 0.25) is 39.3 Å². The van der Waals surface area contributed by atoms with Crippen molar-refractivity contribution in [2.75, 3.05) is 0 Å². The quantitative estimate of drug-likeness (QED) is 0.731. The van der Waals surface area contributed by atoms with Gasteiger partial charge in [-0.05, 0) is 45.7 Å². The molecule has 108 valence electrons. The van der Waals surface area contributed by atoms with E-state index < -0.39 is 25.7 Å². The molecule has 1 rings (SSSR count). The van der Waals surface area contributed by atoms with Crippen molar-refractivity contribution in [3.8, 4) is 0 Å². The van der Waals surface area contributed by atoms with E-state index in [2.05, 4.69) is 53.1 Å². The van der Waals surface area contributed by atoms with Crippen LogP contribution in [-0.4, -0.2) is 32.0 Å². The monoisotopic (exact) mass is 308 g/mol. The Morgan fingerprint density at radius 1 is 0.833 bits per heavy atom. The Hall–Kier alpha value is 0.491. The minimum absolute atomic E-state index is 0.191. The summed E-state index contributed by atoms with van der Waals surface area (Å²) in [6, 6.07) is 0. The number of hydrogen-bond acceptors (Lipinski definition) is 4. The van der Waals surface area contributed by atoms with Crippen LogP contribution in [0, 0.1) is 5.92 Å². The average Bonchev–Trinajstić information content (AvgIpc) is 2.08. The van der Waals surface area contributed by atoms with E-state index >= 15 is 0 Å². The van der Waals surface area contributed by atoms with Crippen molar-refractivity contribution < 1.29 is 17.1 Å². The molecule has 0 bridgehead atoms. The van der Waals surface area contributed by atoms with Gasteiger partial charge in [-0.2, -0.15) is 0 Å². The van der Waals surface area contributed by atoms with Gasteiger partial charge in [0.15, 0.2) is 0 Å². The minimum Gasteiger partial charge on any atom is -0.415 e. The van der Waals surface area contributed by atoms with Gasteiger partial charge >= 0.3 is 25.7 Å². The highest BCUT2D eigenvalue weighted by atomic mass is 28.5. The largest absolute Gasteiger partial charge is 0.415 e. The van der Waals surface area contributed by atoms with Gasteiger partial charge in [-0.15, -0.1) is 0 Å². The molecule has 1 unspecified atom stereocenters. The third-order valence-electron chi connectivity index (χ3n) is 2.89. The third kappa shape index (κ3) is 4.87. The van der Waals surface area contributed by atoms with E-state index in [0.717, 1.165) is 6.42 Å². The van der Waals surface area contributed by atoms with Gasteiger partial charge in [0, 0.05) is 5.92 Å². The number of rotatable bonds is 2. The van der Waals surface area contributed by atoms with E-state index in [1.165, 1.54) is 0 Å². The van der Waals surface area contributed by atoms with E-state index in [4.69, 9.17) is 17.1 Å². The summed E-state index contributed by atoms with van der Waals surface area (Å²) >= 11 is 0. The minimum atomic E-state index is -2.18. The van der Waals surface area contributed by atoms with E-state index in [1.807, 2.05) is 0 Å². The van der Waals surface area contributed by atoms with Crippen LogP contribution >= 0.6 is 0 Å². The maximum Gasteiger partial charge on any atom is 0.324 e. The number of hydrogen-bond donors (Lipinski definition) is 0. The molecule has 4 nitrogen and oxygen atoms in total. The highest BCUT2D eigenvalue weighted by molar-refractivity contribution is 6.84. The summed E-state index contributed by atoms with van der Waals surface area (Å²) in [6.45, 7) is 16.8. The second-order valence-corrected chi connectivity index (χ2v) is 16.9. The fourth-order valence-corrected chi connectivity index (χ4v) is 14.4. The highest BCUT2D eigenvalue weighted by Gasteiger charge is 2.47. The van der Waals surface area contributed by atoms with E-state index in [9.17, 15) is 0 Å². The van der Waals surface area contributed by atoms with E-state index in [-0.39, 0.29) is 6.29 Å². The van der Waals surface area contributed by atoms with Crippen molar-refractivity contribution in [3.63, 3.8) is 0 Å². The molecule has 0 aromatic rings. The van der Waals surface area contributed by atoms with Crippen molar-refractivity contribution in [3.05, 3.63) is 0 Å². The molecule has 7 heteroatoms. The maximum atomic E-state index is 6.21. The Morgan fingerprint density at radius 2 is 1.22 bits per heavy atom. The van der Waals surface area contributed by atoms with Crippen LogP contribution in [0.25, 0.3) is 0 Å². The molecule has 0 radical (unpaired) electrons. The SMILES string of the molecule is CCC(C)C1O[Si](C)(C)O[Si](C)(C)O[Si](C)(C)O1. The van der Waals surface area contributed by atoms with Gasteiger partial charge < -0.3 is 17.1 Å². The third-order valence-corrected chi connectivity index (χ3v) is 12.4. The van der Waals surface area contributed by atoms with E-state index in [0.29, 0.717) is 5.92 Å². The zero-order chi connectivity index (χ0) is 14.2. The van der Waals surface area contributed by atoms with Gasteiger partial charge in [-0.25, -0.2) is 0 Å². The van der Waals surface area contributed by atoms with Crippen LogP contribution in [0.4, 0.5) is 0 Å². The molecule has 1 aliphatic heterocycles. The molecular formula is C11H28O4Si3. The van der Waals surface area contributed by atoms with Gasteiger partial charge in [-0.1, -0.05) is 13.8 Å². The predicted molar refractivity (Wildman–Crippen MR) is 80.0 cm³/mol. The summed E-state index contributed by atoms with van der Waals surface area (Å²) in [5.74, 6) is 0.360. The summed E-state index contributed by atoms with van der Waals surface area (Å²) < 4.78 is 24.8. The normalized spacial score (nSPS) is 29.3. The zero-order valence-electron chi connectivity index (χ0n) is 13.0. The molecule has 1 aliphatic rings. The first kappa shape index (κ1) is 16.5. The summed E-state index contributed by atoms with van der Waals surface area (Å²) in [6.07, 6.45) is 0.837. The standard InChI is InChI=1S/C11H28O4Si3/c1-9-10(2)11-12-16(3,4)14-18(7,8)15-17(5,6)13-11/h10-11H,9H2,1-8H3. The smallest absolute Gasteiger partial charge is 0.324 e. The second-order valence-electron chi connectivity index (χ2n) is 6.39. The molecule has 1 heterocycles. The van der Waals surface area contributed by atoms with Crippen molar-refractivity contribution in [2.24, 2.45) is 5.92 Å². The Morgan fingerprint density at radius 3 is 1.56 bits per heavy atom. The summed E-state index contributed by atoms with van der Waals surface area (Å²) in [7, 11) is -6.50. The Kier molecular flexibility index (Phi) is 5.03. The topological polar surface area (TPSA) is 36.9 Å². The molecule has 0 N–H and O–H groups in total. The highest BCUT2D eigenvalue weighted by Crippen LogP contribution is 2.30. The predicted octanol–water partition coefficient (Wildman–Crippen LogP) is 3.54. The summed E-state index contributed by atoms with van der Waals surface area (Å²) in [5, 5.41) is 0. The van der Waals surface area contributed by atoms with Crippen molar-refractivity contribution in [1.29, 1.82) is 0 Å². The Labute approximate surface area is 115 Å². The maximum absolute atomic E-state index is 6.21. The first-order valence-corrected chi connectivity index (χ1v) is 15.2. The lowest BCUT2D eigenvalue weighted by atomic mass is 10.1. The van der Waals surface area contributed by atoms with E-state index in [1.54, 1.807) is 0 Å². The molecule has 0 spiro atoms. The lowest BCUT2D eigenvalue weighted by molar-refractivity contribution is -0.0787. The molecule has 0 aromatic heterocycles. The summed E-state index contributed by atoms with van der Waals surface area (Å²) in [5.41, 5.74) is 0. The second kappa shape index (κ2) is 5.47. The molecule has 1 fully saturated rings. The fourth-order valence-electron chi connectivity index (χ4n) is 2.26. The van der Waals surface area contributed by atoms with Gasteiger partial charge in [0.05, 0.1) is 0 Å². The fraction of sp³-hybridized carbons (Fsp3) is 1.00. The van der Waals surface area contributed by atoms with Gasteiger partial charge in [0.2, 0.25) is 0 Å².